The topological polar surface area (TPSA) is 77.5 Å². The molecule has 2 N–H and O–H groups in total. The van der Waals surface area contributed by atoms with E-state index >= 15 is 0 Å². The van der Waals surface area contributed by atoms with Gasteiger partial charge in [0.1, 0.15) is 5.82 Å². The van der Waals surface area contributed by atoms with Gasteiger partial charge in [0.25, 0.3) is 0 Å². The summed E-state index contributed by atoms with van der Waals surface area (Å²) in [6.07, 6.45) is 1.71. The number of nitrogens with zero attached hydrogens (tertiary/aromatic N) is 2. The van der Waals surface area contributed by atoms with Crippen LogP contribution < -0.4 is 20.1 Å². The van der Waals surface area contributed by atoms with Gasteiger partial charge in [0.15, 0.2) is 11.5 Å². The second kappa shape index (κ2) is 6.95. The summed E-state index contributed by atoms with van der Waals surface area (Å²) in [5.74, 6) is 2.90. The minimum absolute atomic E-state index is 0.286. The highest BCUT2D eigenvalue weighted by molar-refractivity contribution is 5.46. The van der Waals surface area contributed by atoms with E-state index in [1.54, 1.807) is 13.3 Å². The largest absolute Gasteiger partial charge is 0.454 e. The molecular weight excluding hydrogens is 284 g/mol. The van der Waals surface area contributed by atoms with E-state index in [-0.39, 0.29) is 6.79 Å². The van der Waals surface area contributed by atoms with Gasteiger partial charge < -0.3 is 24.8 Å². The van der Waals surface area contributed by atoms with Gasteiger partial charge in [-0.05, 0) is 23.8 Å². The highest BCUT2D eigenvalue weighted by Crippen LogP contribution is 2.32. The van der Waals surface area contributed by atoms with E-state index in [0.29, 0.717) is 25.6 Å². The van der Waals surface area contributed by atoms with Crippen LogP contribution in [0.15, 0.2) is 30.5 Å². The van der Waals surface area contributed by atoms with Crippen LogP contribution in [0.4, 0.5) is 11.8 Å². The van der Waals surface area contributed by atoms with Gasteiger partial charge in [-0.3, -0.25) is 0 Å². The lowest BCUT2D eigenvalue weighted by molar-refractivity contribution is 0.174. The number of nitrogens with one attached hydrogen (secondary N) is 2. The molecule has 1 aliphatic heterocycles. The molecule has 0 fully saturated rings. The van der Waals surface area contributed by atoms with Gasteiger partial charge in [-0.15, -0.1) is 0 Å². The molecule has 7 nitrogen and oxygen atoms in total. The molecule has 116 valence electrons. The predicted octanol–water partition coefficient (Wildman–Crippen LogP) is 1.88. The van der Waals surface area contributed by atoms with Crippen molar-refractivity contribution in [2.24, 2.45) is 0 Å². The molecule has 1 aromatic carbocycles. The number of hydrogen-bond donors (Lipinski definition) is 2. The van der Waals surface area contributed by atoms with Crippen LogP contribution in [0.1, 0.15) is 5.56 Å². The van der Waals surface area contributed by atoms with Crippen LogP contribution in [0.25, 0.3) is 0 Å². The SMILES string of the molecule is COCCNc1nccc(NCc2ccc3c(c2)OCO3)n1. The number of methoxy groups -OCH3 is 1. The Morgan fingerprint density at radius 2 is 2.09 bits per heavy atom. The van der Waals surface area contributed by atoms with E-state index in [1.165, 1.54) is 0 Å². The quantitative estimate of drug-likeness (QED) is 0.756. The monoisotopic (exact) mass is 302 g/mol. The summed E-state index contributed by atoms with van der Waals surface area (Å²) in [5.41, 5.74) is 1.09. The van der Waals surface area contributed by atoms with Crippen LogP contribution in [0.3, 0.4) is 0 Å². The summed E-state index contributed by atoms with van der Waals surface area (Å²) in [7, 11) is 1.66. The molecule has 0 amide bonds. The normalized spacial score (nSPS) is 12.2. The van der Waals surface area contributed by atoms with E-state index in [0.717, 1.165) is 22.9 Å². The molecular formula is C15H18N4O3. The predicted molar refractivity (Wildman–Crippen MR) is 82.3 cm³/mol. The summed E-state index contributed by atoms with van der Waals surface area (Å²) in [6.45, 7) is 2.21. The first-order valence-corrected chi connectivity index (χ1v) is 7.03. The minimum Gasteiger partial charge on any atom is -0.454 e. The van der Waals surface area contributed by atoms with Gasteiger partial charge in [-0.1, -0.05) is 6.07 Å². The lowest BCUT2D eigenvalue weighted by atomic mass is 10.2. The fraction of sp³-hybridized carbons (Fsp3) is 0.333. The Labute approximate surface area is 128 Å². The molecule has 0 spiro atoms. The van der Waals surface area contributed by atoms with Crippen molar-refractivity contribution in [1.82, 2.24) is 9.97 Å². The van der Waals surface area contributed by atoms with E-state index < -0.39 is 0 Å². The molecule has 0 saturated carbocycles. The molecule has 0 aliphatic carbocycles. The Morgan fingerprint density at radius 1 is 1.18 bits per heavy atom. The first kappa shape index (κ1) is 14.4. The van der Waals surface area contributed by atoms with Crippen LogP contribution in [0.5, 0.6) is 11.5 Å². The molecule has 0 bridgehead atoms. The summed E-state index contributed by atoms with van der Waals surface area (Å²) in [6, 6.07) is 7.71. The summed E-state index contributed by atoms with van der Waals surface area (Å²) in [4.78, 5) is 8.55. The Kier molecular flexibility index (Phi) is 4.55. The third-order valence-electron chi connectivity index (χ3n) is 3.16. The molecule has 22 heavy (non-hydrogen) atoms. The van der Waals surface area contributed by atoms with Gasteiger partial charge in [-0.25, -0.2) is 4.98 Å². The number of aromatic nitrogens is 2. The molecule has 0 saturated heterocycles. The number of rotatable bonds is 7. The summed E-state index contributed by atoms with van der Waals surface area (Å²) < 4.78 is 15.6. The molecule has 7 heteroatoms. The van der Waals surface area contributed by atoms with Crippen molar-refractivity contribution in [3.8, 4) is 11.5 Å². The van der Waals surface area contributed by atoms with Crippen molar-refractivity contribution in [2.45, 2.75) is 6.54 Å². The Morgan fingerprint density at radius 3 is 3.00 bits per heavy atom. The number of benzene rings is 1. The second-order valence-corrected chi connectivity index (χ2v) is 4.73. The highest BCUT2D eigenvalue weighted by atomic mass is 16.7. The second-order valence-electron chi connectivity index (χ2n) is 4.73. The fourth-order valence-corrected chi connectivity index (χ4v) is 2.05. The van der Waals surface area contributed by atoms with Crippen molar-refractivity contribution in [3.63, 3.8) is 0 Å². The molecule has 0 radical (unpaired) electrons. The van der Waals surface area contributed by atoms with E-state index in [9.17, 15) is 0 Å². The standard InChI is InChI=1S/C15H18N4O3/c1-20-7-6-17-15-16-5-4-14(19-15)18-9-11-2-3-12-13(8-11)22-10-21-12/h2-5,8H,6-7,9-10H2,1H3,(H2,16,17,18,19). The third kappa shape index (κ3) is 3.56. The molecule has 2 heterocycles. The number of anilines is 2. The van der Waals surface area contributed by atoms with Gasteiger partial charge in [0.05, 0.1) is 6.61 Å². The molecule has 3 rings (SSSR count). The molecule has 2 aromatic rings. The van der Waals surface area contributed by atoms with Crippen LogP contribution in [0.2, 0.25) is 0 Å². The molecule has 1 aliphatic rings. The zero-order valence-corrected chi connectivity index (χ0v) is 12.3. The summed E-state index contributed by atoms with van der Waals surface area (Å²) in [5, 5.41) is 6.36. The Hall–Kier alpha value is -2.54. The van der Waals surface area contributed by atoms with Crippen molar-refractivity contribution in [3.05, 3.63) is 36.0 Å². The van der Waals surface area contributed by atoms with E-state index in [1.807, 2.05) is 24.3 Å². The lowest BCUT2D eigenvalue weighted by Crippen LogP contribution is -2.11. The van der Waals surface area contributed by atoms with Crippen molar-refractivity contribution < 1.29 is 14.2 Å². The number of ether oxygens (including phenoxy) is 3. The number of hydrogen-bond acceptors (Lipinski definition) is 7. The highest BCUT2D eigenvalue weighted by Gasteiger charge is 2.12. The van der Waals surface area contributed by atoms with Gasteiger partial charge in [0.2, 0.25) is 12.7 Å². The van der Waals surface area contributed by atoms with Crippen LogP contribution in [-0.4, -0.2) is 37.0 Å². The van der Waals surface area contributed by atoms with Crippen molar-refractivity contribution in [1.29, 1.82) is 0 Å². The van der Waals surface area contributed by atoms with Crippen LogP contribution in [-0.2, 0) is 11.3 Å². The maximum absolute atomic E-state index is 5.37. The maximum atomic E-state index is 5.37. The lowest BCUT2D eigenvalue weighted by Gasteiger charge is -2.08. The van der Waals surface area contributed by atoms with E-state index in [4.69, 9.17) is 14.2 Å². The molecule has 0 atom stereocenters. The van der Waals surface area contributed by atoms with Crippen LogP contribution >= 0.6 is 0 Å². The average molecular weight is 302 g/mol. The smallest absolute Gasteiger partial charge is 0.231 e. The first-order valence-electron chi connectivity index (χ1n) is 7.03. The number of fused-ring (bicyclic) bond motifs is 1. The van der Waals surface area contributed by atoms with Gasteiger partial charge in [-0.2, -0.15) is 4.98 Å². The average Bonchev–Trinajstić information content (AvgIpc) is 3.01. The summed E-state index contributed by atoms with van der Waals surface area (Å²) >= 11 is 0. The fourth-order valence-electron chi connectivity index (χ4n) is 2.05. The Balaban J connectivity index is 1.58. The third-order valence-corrected chi connectivity index (χ3v) is 3.16. The zero-order valence-electron chi connectivity index (χ0n) is 12.3. The zero-order chi connectivity index (χ0) is 15.2. The van der Waals surface area contributed by atoms with E-state index in [2.05, 4.69) is 20.6 Å². The Bertz CT molecular complexity index is 636. The minimum atomic E-state index is 0.286. The van der Waals surface area contributed by atoms with Gasteiger partial charge in [0, 0.05) is 26.4 Å². The maximum Gasteiger partial charge on any atom is 0.231 e. The molecule has 1 aromatic heterocycles. The van der Waals surface area contributed by atoms with Crippen molar-refractivity contribution in [2.75, 3.05) is 37.7 Å². The van der Waals surface area contributed by atoms with Gasteiger partial charge >= 0.3 is 0 Å². The van der Waals surface area contributed by atoms with Crippen molar-refractivity contribution >= 4 is 11.8 Å². The van der Waals surface area contributed by atoms with Crippen LogP contribution in [0, 0.1) is 0 Å². The molecule has 0 unspecified atom stereocenters. The first-order chi connectivity index (χ1) is 10.8.